The highest BCUT2D eigenvalue weighted by molar-refractivity contribution is 5.91. The van der Waals surface area contributed by atoms with Gasteiger partial charge in [-0.05, 0) is 25.9 Å². The van der Waals surface area contributed by atoms with Gasteiger partial charge >= 0.3 is 0 Å². The minimum atomic E-state index is -0.179. The number of ether oxygens (including phenoxy) is 1. The van der Waals surface area contributed by atoms with Gasteiger partial charge in [-0.25, -0.2) is 4.98 Å². The number of hydrogen-bond acceptors (Lipinski definition) is 5. The molecule has 0 spiro atoms. The Labute approximate surface area is 137 Å². The number of nitrogens with zero attached hydrogens (tertiary/aromatic N) is 2. The Hall–Kier alpha value is -0.950. The molecule has 0 aromatic carbocycles. The maximum absolute atomic E-state index is 12.0. The number of rotatable bonds is 5. The van der Waals surface area contributed by atoms with Crippen LogP contribution in [0.1, 0.15) is 23.3 Å². The molecule has 2 N–H and O–H groups in total. The first kappa shape index (κ1) is 20.1. The van der Waals surface area contributed by atoms with Crippen molar-refractivity contribution in [2.45, 2.75) is 12.8 Å². The first-order chi connectivity index (χ1) is 9.26. The van der Waals surface area contributed by atoms with E-state index in [2.05, 4.69) is 20.6 Å². The van der Waals surface area contributed by atoms with E-state index in [0.717, 1.165) is 25.9 Å². The molecule has 2 rings (SSSR count). The van der Waals surface area contributed by atoms with Crippen LogP contribution in [0.2, 0.25) is 0 Å². The van der Waals surface area contributed by atoms with Crippen molar-refractivity contribution in [3.63, 3.8) is 0 Å². The number of nitrogens with one attached hydrogen (secondary N) is 2. The Morgan fingerprint density at radius 1 is 1.38 bits per heavy atom. The highest BCUT2D eigenvalue weighted by Gasteiger charge is 2.32. The Bertz CT molecular complexity index is 408. The molecule has 1 fully saturated rings. The number of halogens is 2. The highest BCUT2D eigenvalue weighted by Crippen LogP contribution is 2.28. The largest absolute Gasteiger partial charge is 0.384 e. The lowest BCUT2D eigenvalue weighted by Crippen LogP contribution is -2.47. The Balaban J connectivity index is 0.00000200. The van der Waals surface area contributed by atoms with Crippen LogP contribution in [-0.2, 0) is 4.74 Å². The lowest BCUT2D eigenvalue weighted by atomic mass is 9.79. The van der Waals surface area contributed by atoms with Gasteiger partial charge in [0.2, 0.25) is 0 Å². The van der Waals surface area contributed by atoms with Crippen LogP contribution in [0.4, 0.5) is 0 Å². The van der Waals surface area contributed by atoms with E-state index in [1.54, 1.807) is 13.3 Å². The van der Waals surface area contributed by atoms with E-state index in [9.17, 15) is 4.79 Å². The van der Waals surface area contributed by atoms with Crippen molar-refractivity contribution >= 4 is 30.7 Å². The summed E-state index contributed by atoms with van der Waals surface area (Å²) >= 11 is 0. The Kier molecular flexibility index (Phi) is 9.44. The molecule has 1 amide bonds. The fourth-order valence-electron chi connectivity index (χ4n) is 2.41. The summed E-state index contributed by atoms with van der Waals surface area (Å²) in [4.78, 5) is 19.9. The van der Waals surface area contributed by atoms with Crippen molar-refractivity contribution in [3.8, 4) is 0 Å². The van der Waals surface area contributed by atoms with Crippen molar-refractivity contribution in [1.82, 2.24) is 20.6 Å². The third kappa shape index (κ3) is 5.74. The topological polar surface area (TPSA) is 76.1 Å². The number of amides is 1. The van der Waals surface area contributed by atoms with Gasteiger partial charge in [-0.2, -0.15) is 0 Å². The van der Waals surface area contributed by atoms with Crippen LogP contribution < -0.4 is 10.6 Å². The average molecular weight is 337 g/mol. The fourth-order valence-corrected chi connectivity index (χ4v) is 2.41. The van der Waals surface area contributed by atoms with Crippen LogP contribution in [0.3, 0.4) is 0 Å². The summed E-state index contributed by atoms with van der Waals surface area (Å²) in [5.41, 5.74) is 0.377. The Morgan fingerprint density at radius 3 is 2.67 bits per heavy atom. The van der Waals surface area contributed by atoms with Crippen molar-refractivity contribution in [1.29, 1.82) is 0 Å². The lowest BCUT2D eigenvalue weighted by molar-refractivity contribution is 0.0510. The molecule has 1 aliphatic rings. The number of carbonyl (C=O) groups excluding carboxylic acids is 1. The molecule has 21 heavy (non-hydrogen) atoms. The summed E-state index contributed by atoms with van der Waals surface area (Å²) < 4.78 is 5.32. The molecular weight excluding hydrogens is 315 g/mol. The number of hydrogen-bond donors (Lipinski definition) is 2. The van der Waals surface area contributed by atoms with Gasteiger partial charge in [0.15, 0.2) is 0 Å². The van der Waals surface area contributed by atoms with Gasteiger partial charge in [-0.1, -0.05) is 0 Å². The smallest absolute Gasteiger partial charge is 0.271 e. The monoisotopic (exact) mass is 336 g/mol. The number of aromatic nitrogens is 2. The first-order valence-electron chi connectivity index (χ1n) is 6.50. The van der Waals surface area contributed by atoms with Gasteiger partial charge in [-0.15, -0.1) is 24.8 Å². The van der Waals surface area contributed by atoms with Crippen LogP contribution in [0.25, 0.3) is 0 Å². The number of carbonyl (C=O) groups is 1. The predicted molar refractivity (Wildman–Crippen MR) is 85.3 cm³/mol. The molecule has 8 heteroatoms. The molecule has 1 aromatic heterocycles. The molecule has 0 radical (unpaired) electrons. The van der Waals surface area contributed by atoms with Gasteiger partial charge in [0, 0.05) is 31.5 Å². The summed E-state index contributed by atoms with van der Waals surface area (Å²) in [7, 11) is 1.70. The van der Waals surface area contributed by atoms with Gasteiger partial charge in [0.1, 0.15) is 5.69 Å². The van der Waals surface area contributed by atoms with E-state index in [1.807, 2.05) is 0 Å². The van der Waals surface area contributed by atoms with Crippen LogP contribution in [0.15, 0.2) is 18.6 Å². The standard InChI is InChI=1S/C13H20N4O2.2ClH/c1-19-10-13(2-4-14-5-3-13)9-17-12(18)11-8-15-6-7-16-11;;/h6-8,14H,2-5,9-10H2,1H3,(H,17,18);2*1H. The van der Waals surface area contributed by atoms with E-state index in [4.69, 9.17) is 4.74 Å². The fraction of sp³-hybridized carbons (Fsp3) is 0.615. The molecule has 0 atom stereocenters. The van der Waals surface area contributed by atoms with Crippen molar-refractivity contribution in [2.75, 3.05) is 33.4 Å². The molecule has 2 heterocycles. The van der Waals surface area contributed by atoms with E-state index in [-0.39, 0.29) is 36.1 Å². The van der Waals surface area contributed by atoms with Crippen LogP contribution >= 0.6 is 24.8 Å². The zero-order valence-corrected chi connectivity index (χ0v) is 13.6. The Morgan fingerprint density at radius 2 is 2.10 bits per heavy atom. The van der Waals surface area contributed by atoms with Crippen LogP contribution in [-0.4, -0.2) is 49.2 Å². The zero-order chi connectivity index (χ0) is 13.6. The van der Waals surface area contributed by atoms with Crippen LogP contribution in [0.5, 0.6) is 0 Å². The molecule has 1 aliphatic heterocycles. The van der Waals surface area contributed by atoms with Gasteiger partial charge < -0.3 is 15.4 Å². The summed E-state index contributed by atoms with van der Waals surface area (Å²) in [6, 6.07) is 0. The lowest BCUT2D eigenvalue weighted by Gasteiger charge is -2.37. The molecule has 120 valence electrons. The van der Waals surface area contributed by atoms with Gasteiger partial charge in [0.25, 0.3) is 5.91 Å². The third-order valence-electron chi connectivity index (χ3n) is 3.53. The van der Waals surface area contributed by atoms with Crippen molar-refractivity contribution < 1.29 is 9.53 Å². The first-order valence-corrected chi connectivity index (χ1v) is 6.50. The van der Waals surface area contributed by atoms with Crippen molar-refractivity contribution in [3.05, 3.63) is 24.3 Å². The van der Waals surface area contributed by atoms with E-state index < -0.39 is 0 Å². The molecule has 0 aliphatic carbocycles. The molecule has 0 saturated carbocycles. The summed E-state index contributed by atoms with van der Waals surface area (Å²) in [6.07, 6.45) is 6.55. The maximum atomic E-state index is 12.0. The molecule has 1 saturated heterocycles. The number of methoxy groups -OCH3 is 1. The van der Waals surface area contributed by atoms with Gasteiger partial charge in [0.05, 0.1) is 12.8 Å². The normalized spacial score (nSPS) is 16.2. The summed E-state index contributed by atoms with van der Waals surface area (Å²) in [6.45, 7) is 3.20. The van der Waals surface area contributed by atoms with E-state index in [0.29, 0.717) is 18.8 Å². The highest BCUT2D eigenvalue weighted by atomic mass is 35.5. The van der Waals surface area contributed by atoms with E-state index in [1.165, 1.54) is 12.4 Å². The SMILES string of the molecule is COCC1(CNC(=O)c2cnccn2)CCNCC1.Cl.Cl. The molecule has 1 aromatic rings. The van der Waals surface area contributed by atoms with Crippen LogP contribution in [0, 0.1) is 5.41 Å². The minimum absolute atomic E-state index is 0. The minimum Gasteiger partial charge on any atom is -0.384 e. The van der Waals surface area contributed by atoms with Gasteiger partial charge in [-0.3, -0.25) is 9.78 Å². The maximum Gasteiger partial charge on any atom is 0.271 e. The molecule has 6 nitrogen and oxygen atoms in total. The molecular formula is C13H22Cl2N4O2. The predicted octanol–water partition coefficient (Wildman–Crippen LogP) is 1.07. The van der Waals surface area contributed by atoms with E-state index >= 15 is 0 Å². The second-order valence-electron chi connectivity index (χ2n) is 4.96. The summed E-state index contributed by atoms with van der Waals surface area (Å²) in [5, 5.41) is 6.27. The average Bonchev–Trinajstić information content (AvgIpc) is 2.47. The second-order valence-corrected chi connectivity index (χ2v) is 4.96. The third-order valence-corrected chi connectivity index (χ3v) is 3.53. The quantitative estimate of drug-likeness (QED) is 0.841. The number of piperidine rings is 1. The molecule has 0 unspecified atom stereocenters. The second kappa shape index (κ2) is 9.89. The zero-order valence-electron chi connectivity index (χ0n) is 12.0. The molecule has 0 bridgehead atoms. The summed E-state index contributed by atoms with van der Waals surface area (Å²) in [5.74, 6) is -0.179. The van der Waals surface area contributed by atoms with Crippen molar-refractivity contribution in [2.24, 2.45) is 5.41 Å².